The molecule has 0 bridgehead atoms. The van der Waals surface area contributed by atoms with Gasteiger partial charge in [-0.15, -0.1) is 0 Å². The van der Waals surface area contributed by atoms with Crippen molar-refractivity contribution in [3.05, 3.63) is 60.7 Å². The molecule has 2 aromatic heterocycles. The van der Waals surface area contributed by atoms with Crippen LogP contribution in [0.25, 0.3) is 16.5 Å². The summed E-state index contributed by atoms with van der Waals surface area (Å²) in [6.07, 6.45) is 5.42. The van der Waals surface area contributed by atoms with Crippen LogP contribution < -0.4 is 0 Å². The second-order valence-electron chi connectivity index (χ2n) is 3.75. The smallest absolute Gasteiger partial charge is 0.132 e. The molecular weight excluding hydrogens is 210 g/mol. The van der Waals surface area contributed by atoms with Gasteiger partial charge in [0.15, 0.2) is 0 Å². The van der Waals surface area contributed by atoms with Gasteiger partial charge in [-0.25, -0.2) is 0 Å². The van der Waals surface area contributed by atoms with E-state index in [4.69, 9.17) is 0 Å². The highest BCUT2D eigenvalue weighted by atomic mass is 15.0. The van der Waals surface area contributed by atoms with Gasteiger partial charge in [-0.05, 0) is 12.1 Å². The van der Waals surface area contributed by atoms with Crippen molar-refractivity contribution in [2.75, 3.05) is 0 Å². The number of pyridine rings is 1. The standard InChI is InChI=1S/C14H9N3/c15-9-14-13-4-2-1-3-11(13)10-17(14)12-5-7-16-8-6-12/h1-8,10H. The van der Waals surface area contributed by atoms with E-state index in [9.17, 15) is 5.26 Å². The van der Waals surface area contributed by atoms with Crippen molar-refractivity contribution in [2.24, 2.45) is 0 Å². The van der Waals surface area contributed by atoms with Gasteiger partial charge in [-0.3, -0.25) is 4.98 Å². The summed E-state index contributed by atoms with van der Waals surface area (Å²) in [5.41, 5.74) is 1.61. The number of hydrogen-bond donors (Lipinski definition) is 0. The van der Waals surface area contributed by atoms with Crippen molar-refractivity contribution in [3.8, 4) is 11.8 Å². The molecule has 3 nitrogen and oxygen atoms in total. The Hall–Kier alpha value is -2.60. The molecule has 2 heterocycles. The third-order valence-corrected chi connectivity index (χ3v) is 2.77. The van der Waals surface area contributed by atoms with E-state index < -0.39 is 0 Å². The van der Waals surface area contributed by atoms with Gasteiger partial charge >= 0.3 is 0 Å². The van der Waals surface area contributed by atoms with Crippen LogP contribution in [0.3, 0.4) is 0 Å². The van der Waals surface area contributed by atoms with Gasteiger partial charge < -0.3 is 4.57 Å². The monoisotopic (exact) mass is 219 g/mol. The molecule has 0 saturated carbocycles. The quantitative estimate of drug-likeness (QED) is 0.631. The second-order valence-corrected chi connectivity index (χ2v) is 3.75. The van der Waals surface area contributed by atoms with Gasteiger partial charge in [-0.2, -0.15) is 5.26 Å². The molecule has 0 unspecified atom stereocenters. The van der Waals surface area contributed by atoms with Crippen LogP contribution in [0, 0.1) is 11.3 Å². The third kappa shape index (κ3) is 1.47. The Bertz CT molecular complexity index is 705. The van der Waals surface area contributed by atoms with Gasteiger partial charge in [0.05, 0.1) is 0 Å². The van der Waals surface area contributed by atoms with Gasteiger partial charge in [0.1, 0.15) is 11.8 Å². The maximum Gasteiger partial charge on any atom is 0.132 e. The summed E-state index contributed by atoms with van der Waals surface area (Å²) in [4.78, 5) is 3.98. The lowest BCUT2D eigenvalue weighted by Gasteiger charge is -2.02. The van der Waals surface area contributed by atoms with E-state index in [0.29, 0.717) is 5.69 Å². The molecule has 17 heavy (non-hydrogen) atoms. The second kappa shape index (κ2) is 3.76. The molecule has 3 aromatic rings. The minimum atomic E-state index is 0.659. The first kappa shape index (κ1) is 9.61. The van der Waals surface area contributed by atoms with Crippen LogP contribution in [-0.2, 0) is 0 Å². The lowest BCUT2D eigenvalue weighted by Crippen LogP contribution is -1.94. The number of benzene rings is 1. The average molecular weight is 219 g/mol. The summed E-state index contributed by atoms with van der Waals surface area (Å²) in [6.45, 7) is 0. The minimum absolute atomic E-state index is 0.659. The summed E-state index contributed by atoms with van der Waals surface area (Å²) < 4.78 is 1.90. The molecule has 0 fully saturated rings. The Morgan fingerprint density at radius 3 is 2.59 bits per heavy atom. The van der Waals surface area contributed by atoms with E-state index in [1.165, 1.54) is 0 Å². The maximum atomic E-state index is 9.28. The zero-order chi connectivity index (χ0) is 11.7. The van der Waals surface area contributed by atoms with Crippen molar-refractivity contribution in [3.63, 3.8) is 0 Å². The molecule has 0 spiro atoms. The number of nitriles is 1. The van der Waals surface area contributed by atoms with E-state index in [1.54, 1.807) is 12.4 Å². The van der Waals surface area contributed by atoms with Crippen LogP contribution in [0.15, 0.2) is 55.0 Å². The largest absolute Gasteiger partial charge is 0.307 e. The summed E-state index contributed by atoms with van der Waals surface area (Å²) >= 11 is 0. The van der Waals surface area contributed by atoms with Gasteiger partial charge in [0.2, 0.25) is 0 Å². The number of fused-ring (bicyclic) bond motifs is 1. The van der Waals surface area contributed by atoms with Gasteiger partial charge in [0, 0.05) is 35.1 Å². The Balaban J connectivity index is 2.35. The number of aromatic nitrogens is 2. The third-order valence-electron chi connectivity index (χ3n) is 2.77. The molecule has 3 heteroatoms. The molecular formula is C14H9N3. The van der Waals surface area contributed by atoms with Crippen molar-refractivity contribution >= 4 is 10.8 Å². The zero-order valence-corrected chi connectivity index (χ0v) is 9.04. The van der Waals surface area contributed by atoms with Crippen LogP contribution in [0.4, 0.5) is 0 Å². The van der Waals surface area contributed by atoms with Crippen LogP contribution in [0.2, 0.25) is 0 Å². The molecule has 3 rings (SSSR count). The Morgan fingerprint density at radius 2 is 1.82 bits per heavy atom. The molecule has 0 atom stereocenters. The van der Waals surface area contributed by atoms with E-state index in [2.05, 4.69) is 11.1 Å². The topological polar surface area (TPSA) is 41.6 Å². The first-order valence-electron chi connectivity index (χ1n) is 5.31. The van der Waals surface area contributed by atoms with Crippen LogP contribution in [-0.4, -0.2) is 9.55 Å². The average Bonchev–Trinajstić information content (AvgIpc) is 2.78. The molecule has 0 aliphatic carbocycles. The normalized spacial score (nSPS) is 10.3. The van der Waals surface area contributed by atoms with E-state index >= 15 is 0 Å². The van der Waals surface area contributed by atoms with Crippen LogP contribution in [0.1, 0.15) is 5.69 Å². The highest BCUT2D eigenvalue weighted by Crippen LogP contribution is 2.23. The summed E-state index contributed by atoms with van der Waals surface area (Å²) in [6, 6.07) is 13.9. The Labute approximate surface area is 98.6 Å². The van der Waals surface area contributed by atoms with Crippen LogP contribution in [0.5, 0.6) is 0 Å². The number of rotatable bonds is 1. The fraction of sp³-hybridized carbons (Fsp3) is 0. The van der Waals surface area contributed by atoms with Crippen molar-refractivity contribution in [2.45, 2.75) is 0 Å². The fourth-order valence-electron chi connectivity index (χ4n) is 1.98. The first-order valence-corrected chi connectivity index (χ1v) is 5.31. The van der Waals surface area contributed by atoms with E-state index in [-0.39, 0.29) is 0 Å². The molecule has 0 saturated heterocycles. The van der Waals surface area contributed by atoms with Crippen molar-refractivity contribution in [1.82, 2.24) is 9.55 Å². The van der Waals surface area contributed by atoms with Crippen molar-refractivity contribution < 1.29 is 0 Å². The molecule has 80 valence electrons. The SMILES string of the molecule is N#Cc1c2ccccc2cn1-c1ccncc1. The minimum Gasteiger partial charge on any atom is -0.307 e. The van der Waals surface area contributed by atoms with E-state index in [0.717, 1.165) is 16.5 Å². The lowest BCUT2D eigenvalue weighted by atomic mass is 10.2. The Kier molecular flexibility index (Phi) is 2.13. The predicted molar refractivity (Wildman–Crippen MR) is 65.8 cm³/mol. The first-order chi connectivity index (χ1) is 8.40. The highest BCUT2D eigenvalue weighted by Gasteiger charge is 2.09. The number of nitrogens with zero attached hydrogens (tertiary/aromatic N) is 3. The lowest BCUT2D eigenvalue weighted by molar-refractivity contribution is 1.05. The summed E-state index contributed by atoms with van der Waals surface area (Å²) in [5, 5.41) is 11.3. The van der Waals surface area contributed by atoms with Gasteiger partial charge in [-0.1, -0.05) is 24.3 Å². The predicted octanol–water partition coefficient (Wildman–Crippen LogP) is 2.90. The molecule has 0 amide bonds. The summed E-state index contributed by atoms with van der Waals surface area (Å²) in [7, 11) is 0. The molecule has 0 aliphatic rings. The zero-order valence-electron chi connectivity index (χ0n) is 9.04. The van der Waals surface area contributed by atoms with Gasteiger partial charge in [0.25, 0.3) is 0 Å². The van der Waals surface area contributed by atoms with Crippen LogP contribution >= 0.6 is 0 Å². The highest BCUT2D eigenvalue weighted by molar-refractivity contribution is 5.88. The summed E-state index contributed by atoms with van der Waals surface area (Å²) in [5.74, 6) is 0. The molecule has 0 N–H and O–H groups in total. The maximum absolute atomic E-state index is 9.28. The fourth-order valence-corrected chi connectivity index (χ4v) is 1.98. The molecule has 1 aromatic carbocycles. The van der Waals surface area contributed by atoms with E-state index in [1.807, 2.05) is 47.2 Å². The van der Waals surface area contributed by atoms with Crippen molar-refractivity contribution in [1.29, 1.82) is 5.26 Å². The number of hydrogen-bond acceptors (Lipinski definition) is 2. The molecule has 0 radical (unpaired) electrons. The Morgan fingerprint density at radius 1 is 1.06 bits per heavy atom. The molecule has 0 aliphatic heterocycles.